The first-order chi connectivity index (χ1) is 16.8. The minimum Gasteiger partial charge on any atom is -0.309 e. The Morgan fingerprint density at radius 2 is 1.80 bits per heavy atom. The summed E-state index contributed by atoms with van der Waals surface area (Å²) in [5.41, 5.74) is 1.96. The van der Waals surface area contributed by atoms with E-state index in [0.717, 1.165) is 42.1 Å². The molecule has 35 heavy (non-hydrogen) atoms. The number of amides is 1. The zero-order valence-corrected chi connectivity index (χ0v) is 21.8. The number of nitrogens with zero attached hydrogens (tertiary/aromatic N) is 1. The van der Waals surface area contributed by atoms with Crippen molar-refractivity contribution in [3.63, 3.8) is 0 Å². The van der Waals surface area contributed by atoms with E-state index in [4.69, 9.17) is 0 Å². The summed E-state index contributed by atoms with van der Waals surface area (Å²) < 4.78 is 28.2. The van der Waals surface area contributed by atoms with E-state index in [1.807, 2.05) is 0 Å². The maximum absolute atomic E-state index is 14.4. The van der Waals surface area contributed by atoms with Crippen molar-refractivity contribution in [3.8, 4) is 0 Å². The first-order valence-corrected chi connectivity index (χ1v) is 14.6. The number of halogens is 2. The summed E-state index contributed by atoms with van der Waals surface area (Å²) in [7, 11) is 0. The first kappa shape index (κ1) is 23.9. The lowest BCUT2D eigenvalue weighted by Crippen LogP contribution is -2.52. The number of carbonyl (C=O) groups is 1. The van der Waals surface area contributed by atoms with Crippen LogP contribution in [0.15, 0.2) is 12.1 Å². The second-order valence-electron chi connectivity index (χ2n) is 13.3. The summed E-state index contributed by atoms with van der Waals surface area (Å²) in [5.74, 6) is 2.63. The van der Waals surface area contributed by atoms with Crippen molar-refractivity contribution in [2.45, 2.75) is 104 Å². The van der Waals surface area contributed by atoms with Crippen LogP contribution in [0.5, 0.6) is 0 Å². The van der Waals surface area contributed by atoms with Crippen LogP contribution in [0, 0.1) is 52.1 Å². The van der Waals surface area contributed by atoms with Crippen molar-refractivity contribution < 1.29 is 13.6 Å². The van der Waals surface area contributed by atoms with E-state index in [0.29, 0.717) is 36.1 Å². The number of carbonyl (C=O) groups excluding carboxylic acids is 1. The molecule has 0 spiro atoms. The maximum Gasteiger partial charge on any atom is 0.227 e. The Morgan fingerprint density at radius 3 is 2.66 bits per heavy atom. The highest BCUT2D eigenvalue weighted by Gasteiger charge is 2.59. The van der Waals surface area contributed by atoms with Crippen LogP contribution in [0.1, 0.15) is 103 Å². The highest BCUT2D eigenvalue weighted by molar-refractivity contribution is 5.95. The van der Waals surface area contributed by atoms with Crippen molar-refractivity contribution in [2.75, 3.05) is 11.4 Å². The summed E-state index contributed by atoms with van der Waals surface area (Å²) >= 11 is 0. The smallest absolute Gasteiger partial charge is 0.227 e. The van der Waals surface area contributed by atoms with Crippen molar-refractivity contribution >= 4 is 11.6 Å². The van der Waals surface area contributed by atoms with Gasteiger partial charge >= 0.3 is 0 Å². The molecule has 4 saturated carbocycles. The quantitative estimate of drug-likeness (QED) is 0.424. The SMILES string of the molecule is CC12CCCCC1CCC1C2CCC2(C)C(CCCC(=O)N3CCc4ccc(F)c(F)c43)CCC12. The fourth-order valence-electron chi connectivity index (χ4n) is 10.2. The van der Waals surface area contributed by atoms with Gasteiger partial charge in [0.05, 0.1) is 5.69 Å². The minimum atomic E-state index is -0.863. The largest absolute Gasteiger partial charge is 0.309 e. The topological polar surface area (TPSA) is 20.3 Å². The second kappa shape index (κ2) is 8.84. The molecule has 1 aromatic rings. The van der Waals surface area contributed by atoms with Gasteiger partial charge in [-0.25, -0.2) is 8.78 Å². The van der Waals surface area contributed by atoms with Gasteiger partial charge < -0.3 is 4.90 Å². The van der Waals surface area contributed by atoms with E-state index in [-0.39, 0.29) is 11.6 Å². The van der Waals surface area contributed by atoms with Gasteiger partial charge in [-0.15, -0.1) is 0 Å². The van der Waals surface area contributed by atoms with Crippen LogP contribution in [0.4, 0.5) is 14.5 Å². The number of hydrogen-bond donors (Lipinski definition) is 0. The van der Waals surface area contributed by atoms with E-state index in [9.17, 15) is 13.6 Å². The second-order valence-corrected chi connectivity index (χ2v) is 13.3. The molecule has 4 aliphatic carbocycles. The van der Waals surface area contributed by atoms with Crippen LogP contribution in [-0.2, 0) is 11.2 Å². The van der Waals surface area contributed by atoms with Crippen LogP contribution in [-0.4, -0.2) is 12.5 Å². The zero-order valence-electron chi connectivity index (χ0n) is 21.8. The third-order valence-corrected chi connectivity index (χ3v) is 12.1. The van der Waals surface area contributed by atoms with Crippen LogP contribution in [0.2, 0.25) is 0 Å². The van der Waals surface area contributed by atoms with E-state index < -0.39 is 11.6 Å². The highest BCUT2D eigenvalue weighted by Crippen LogP contribution is 2.67. The summed E-state index contributed by atoms with van der Waals surface area (Å²) in [6.45, 7) is 5.71. The van der Waals surface area contributed by atoms with Crippen molar-refractivity contribution in [3.05, 3.63) is 29.3 Å². The Labute approximate surface area is 210 Å². The molecule has 0 saturated heterocycles. The third-order valence-electron chi connectivity index (χ3n) is 12.1. The summed E-state index contributed by atoms with van der Waals surface area (Å²) in [4.78, 5) is 14.5. The molecular weight excluding hydrogens is 440 g/mol. The number of fused-ring (bicyclic) bond motifs is 6. The molecule has 7 unspecified atom stereocenters. The fourth-order valence-corrected chi connectivity index (χ4v) is 10.2. The number of anilines is 1. The predicted octanol–water partition coefficient (Wildman–Crippen LogP) is 8.07. The van der Waals surface area contributed by atoms with Gasteiger partial charge in [0.25, 0.3) is 0 Å². The van der Waals surface area contributed by atoms with Gasteiger partial charge in [-0.3, -0.25) is 4.79 Å². The molecule has 0 radical (unpaired) electrons. The molecule has 4 heteroatoms. The molecule has 5 aliphatic rings. The molecule has 192 valence electrons. The Balaban J connectivity index is 1.09. The fraction of sp³-hybridized carbons (Fsp3) is 0.774. The summed E-state index contributed by atoms with van der Waals surface area (Å²) in [5, 5.41) is 0. The molecule has 0 aromatic heterocycles. The first-order valence-electron chi connectivity index (χ1n) is 14.6. The van der Waals surface area contributed by atoms with E-state index >= 15 is 0 Å². The van der Waals surface area contributed by atoms with Crippen molar-refractivity contribution in [1.82, 2.24) is 0 Å². The van der Waals surface area contributed by atoms with Gasteiger partial charge in [-0.2, -0.15) is 0 Å². The van der Waals surface area contributed by atoms with Crippen LogP contribution < -0.4 is 4.90 Å². The average molecular weight is 484 g/mol. The molecule has 2 nitrogen and oxygen atoms in total. The Kier molecular flexibility index (Phi) is 6.04. The average Bonchev–Trinajstić information content (AvgIpc) is 3.43. The molecule has 1 amide bonds. The number of hydrogen-bond acceptors (Lipinski definition) is 1. The molecule has 6 rings (SSSR count). The molecule has 0 bridgehead atoms. The molecule has 1 aromatic carbocycles. The standard InChI is InChI=1S/C31H43F2NO/c1-30-17-4-3-6-21(30)10-12-23-24-13-11-22(31(24,2)18-15-25(23)30)7-5-8-27(35)34-19-16-20-9-14-26(32)28(33)29(20)34/h9,14,21-25H,3-8,10-13,15-19H2,1-2H3. The molecule has 1 heterocycles. The van der Waals surface area contributed by atoms with Gasteiger partial charge in [0, 0.05) is 13.0 Å². The Hall–Kier alpha value is -1.45. The third kappa shape index (κ3) is 3.71. The Morgan fingerprint density at radius 1 is 0.971 bits per heavy atom. The molecule has 0 N–H and O–H groups in total. The zero-order chi connectivity index (χ0) is 24.4. The van der Waals surface area contributed by atoms with Gasteiger partial charge in [0.2, 0.25) is 5.91 Å². The maximum atomic E-state index is 14.4. The summed E-state index contributed by atoms with van der Waals surface area (Å²) in [6.07, 6.45) is 17.2. The van der Waals surface area contributed by atoms with Gasteiger partial charge in [0.1, 0.15) is 0 Å². The van der Waals surface area contributed by atoms with Crippen LogP contribution in [0.3, 0.4) is 0 Å². The number of benzene rings is 1. The van der Waals surface area contributed by atoms with E-state index in [2.05, 4.69) is 13.8 Å². The van der Waals surface area contributed by atoms with Crippen molar-refractivity contribution in [1.29, 1.82) is 0 Å². The van der Waals surface area contributed by atoms with E-state index in [1.54, 1.807) is 6.07 Å². The van der Waals surface area contributed by atoms with Crippen LogP contribution in [0.25, 0.3) is 0 Å². The van der Waals surface area contributed by atoms with E-state index in [1.165, 1.54) is 75.2 Å². The monoisotopic (exact) mass is 483 g/mol. The summed E-state index contributed by atoms with van der Waals surface area (Å²) in [6, 6.07) is 2.80. The van der Waals surface area contributed by atoms with Gasteiger partial charge in [-0.1, -0.05) is 32.8 Å². The van der Waals surface area contributed by atoms with Crippen molar-refractivity contribution in [2.24, 2.45) is 40.4 Å². The molecule has 7 atom stereocenters. The van der Waals surface area contributed by atoms with Crippen LogP contribution >= 0.6 is 0 Å². The highest BCUT2D eigenvalue weighted by atomic mass is 19.2. The lowest BCUT2D eigenvalue weighted by atomic mass is 9.45. The normalized spacial score (nSPS) is 40.1. The van der Waals surface area contributed by atoms with Gasteiger partial charge in [0.15, 0.2) is 11.6 Å². The number of rotatable bonds is 4. The molecule has 4 fully saturated rings. The minimum absolute atomic E-state index is 0.0415. The predicted molar refractivity (Wildman–Crippen MR) is 136 cm³/mol. The molecule has 1 aliphatic heterocycles. The lowest BCUT2D eigenvalue weighted by molar-refractivity contribution is -0.119. The Bertz CT molecular complexity index is 992. The molecular formula is C31H43F2NO. The van der Waals surface area contributed by atoms with Gasteiger partial charge in [-0.05, 0) is 123 Å². The lowest BCUT2D eigenvalue weighted by Gasteiger charge is -2.60.